The van der Waals surface area contributed by atoms with E-state index in [4.69, 9.17) is 0 Å². The van der Waals surface area contributed by atoms with E-state index in [1.807, 2.05) is 13.0 Å². The number of alkyl halides is 3. The van der Waals surface area contributed by atoms with E-state index in [9.17, 15) is 18.4 Å². The minimum Gasteiger partial charge on any atom is -0.406 e. The van der Waals surface area contributed by atoms with Gasteiger partial charge in [0.15, 0.2) is 0 Å². The predicted octanol–water partition coefficient (Wildman–Crippen LogP) is 5.30. The number of halogens is 3. The Balaban J connectivity index is 2.10. The molecule has 0 aliphatic carbocycles. The average molecular weight is 348 g/mol. The third kappa shape index (κ3) is 3.05. The molecule has 3 aromatic rings. The Morgan fingerprint density at radius 1 is 1.25 bits per heavy atom. The first-order valence-corrected chi connectivity index (χ1v) is 7.96. The summed E-state index contributed by atoms with van der Waals surface area (Å²) in [5.74, 6) is -0.273. The van der Waals surface area contributed by atoms with Gasteiger partial charge in [-0.05, 0) is 35.7 Å². The van der Waals surface area contributed by atoms with Gasteiger partial charge in [-0.25, -0.2) is 4.98 Å². The minimum absolute atomic E-state index is 0.273. The lowest BCUT2D eigenvalue weighted by molar-refractivity contribution is -0.274. The maximum absolute atomic E-state index is 12.3. The van der Waals surface area contributed by atoms with Gasteiger partial charge in [0, 0.05) is 5.56 Å². The van der Waals surface area contributed by atoms with Gasteiger partial charge >= 0.3 is 6.36 Å². The molecule has 0 N–H and O–H groups in total. The normalized spacial score (nSPS) is 11.5. The van der Waals surface area contributed by atoms with Gasteiger partial charge in [0.1, 0.15) is 11.8 Å². The van der Waals surface area contributed by atoms with E-state index in [1.165, 1.54) is 23.5 Å². The molecule has 0 atom stereocenters. The lowest BCUT2D eigenvalue weighted by Gasteiger charge is -2.11. The molecule has 7 heteroatoms. The molecule has 0 aliphatic rings. The number of nitriles is 1. The van der Waals surface area contributed by atoms with Gasteiger partial charge in [-0.1, -0.05) is 19.1 Å². The zero-order valence-electron chi connectivity index (χ0n) is 12.5. The van der Waals surface area contributed by atoms with Crippen molar-refractivity contribution >= 4 is 21.6 Å². The summed E-state index contributed by atoms with van der Waals surface area (Å²) in [6.45, 7) is 1.95. The van der Waals surface area contributed by atoms with Gasteiger partial charge in [-0.3, -0.25) is 0 Å². The molecule has 3 rings (SSSR count). The summed E-state index contributed by atoms with van der Waals surface area (Å²) >= 11 is 1.38. The molecule has 24 heavy (non-hydrogen) atoms. The molecule has 3 nitrogen and oxygen atoms in total. The lowest BCUT2D eigenvalue weighted by atomic mass is 9.97. The van der Waals surface area contributed by atoms with Gasteiger partial charge in [0.05, 0.1) is 21.3 Å². The van der Waals surface area contributed by atoms with Gasteiger partial charge in [-0.2, -0.15) is 5.26 Å². The summed E-state index contributed by atoms with van der Waals surface area (Å²) in [6, 6.07) is 9.74. The van der Waals surface area contributed by atoms with Crippen molar-refractivity contribution in [3.05, 3.63) is 47.0 Å². The van der Waals surface area contributed by atoms with Crippen LogP contribution < -0.4 is 4.74 Å². The van der Waals surface area contributed by atoms with Crippen LogP contribution in [0.15, 0.2) is 35.8 Å². The monoisotopic (exact) mass is 348 g/mol. The maximum Gasteiger partial charge on any atom is 0.573 e. The number of rotatable bonds is 3. The molecule has 0 bridgehead atoms. The van der Waals surface area contributed by atoms with Crippen LogP contribution in [0.2, 0.25) is 0 Å². The highest BCUT2D eigenvalue weighted by Gasteiger charge is 2.31. The van der Waals surface area contributed by atoms with E-state index in [-0.39, 0.29) is 5.75 Å². The van der Waals surface area contributed by atoms with Crippen LogP contribution in [0.3, 0.4) is 0 Å². The third-order valence-corrected chi connectivity index (χ3v) is 4.42. The fraction of sp³-hybridized carbons (Fsp3) is 0.176. The molecule has 1 heterocycles. The number of aryl methyl sites for hydroxylation is 1. The highest BCUT2D eigenvalue weighted by atomic mass is 32.1. The first-order valence-electron chi connectivity index (χ1n) is 7.08. The smallest absolute Gasteiger partial charge is 0.406 e. The SMILES string of the molecule is CCc1cc(-c2ccc(OC(F)(F)F)cc2)c2ncsc2c1C#N. The predicted molar refractivity (Wildman–Crippen MR) is 85.8 cm³/mol. The molecule has 122 valence electrons. The molecule has 0 fully saturated rings. The number of nitrogens with zero attached hydrogens (tertiary/aromatic N) is 2. The fourth-order valence-electron chi connectivity index (χ4n) is 2.53. The highest BCUT2D eigenvalue weighted by Crippen LogP contribution is 2.35. The topological polar surface area (TPSA) is 45.9 Å². The fourth-order valence-corrected chi connectivity index (χ4v) is 3.37. The second-order valence-corrected chi connectivity index (χ2v) is 5.88. The van der Waals surface area contributed by atoms with Crippen molar-refractivity contribution in [3.63, 3.8) is 0 Å². The van der Waals surface area contributed by atoms with Crippen LogP contribution in [0.1, 0.15) is 18.1 Å². The summed E-state index contributed by atoms with van der Waals surface area (Å²) in [4.78, 5) is 4.32. The quantitative estimate of drug-likeness (QED) is 0.645. The zero-order chi connectivity index (χ0) is 17.3. The Hall–Kier alpha value is -2.59. The van der Waals surface area contributed by atoms with Crippen LogP contribution in [0.25, 0.3) is 21.3 Å². The van der Waals surface area contributed by atoms with E-state index in [1.54, 1.807) is 17.6 Å². The Kier molecular flexibility index (Phi) is 4.16. The minimum atomic E-state index is -4.71. The van der Waals surface area contributed by atoms with E-state index in [2.05, 4.69) is 15.8 Å². The zero-order valence-corrected chi connectivity index (χ0v) is 13.3. The van der Waals surface area contributed by atoms with Crippen molar-refractivity contribution < 1.29 is 17.9 Å². The van der Waals surface area contributed by atoms with Crippen molar-refractivity contribution in [1.82, 2.24) is 4.98 Å². The molecular weight excluding hydrogens is 337 g/mol. The summed E-state index contributed by atoms with van der Waals surface area (Å²) in [5, 5.41) is 9.38. The number of hydrogen-bond acceptors (Lipinski definition) is 4. The van der Waals surface area contributed by atoms with Crippen molar-refractivity contribution in [1.29, 1.82) is 5.26 Å². The van der Waals surface area contributed by atoms with E-state index in [0.29, 0.717) is 17.5 Å². The van der Waals surface area contributed by atoms with Crippen LogP contribution in [0.4, 0.5) is 13.2 Å². The third-order valence-electron chi connectivity index (χ3n) is 3.58. The Bertz CT molecular complexity index is 924. The second kappa shape index (κ2) is 6.13. The highest BCUT2D eigenvalue weighted by molar-refractivity contribution is 7.17. The Labute approximate surface area is 139 Å². The summed E-state index contributed by atoms with van der Waals surface area (Å²) in [5.41, 5.74) is 5.35. The number of ether oxygens (including phenoxy) is 1. The molecule has 2 aromatic carbocycles. The second-order valence-electron chi connectivity index (χ2n) is 5.03. The van der Waals surface area contributed by atoms with Crippen molar-refractivity contribution in [2.75, 3.05) is 0 Å². The molecule has 1 aromatic heterocycles. The number of hydrogen-bond donors (Lipinski definition) is 0. The van der Waals surface area contributed by atoms with Crippen LogP contribution in [0, 0.1) is 11.3 Å². The molecule has 0 spiro atoms. The summed E-state index contributed by atoms with van der Waals surface area (Å²) < 4.78 is 41.4. The number of thiazole rings is 1. The molecule has 0 amide bonds. The van der Waals surface area contributed by atoms with Gasteiger partial charge in [0.25, 0.3) is 0 Å². The van der Waals surface area contributed by atoms with Crippen molar-refractivity contribution in [2.45, 2.75) is 19.7 Å². The lowest BCUT2D eigenvalue weighted by Crippen LogP contribution is -2.16. The van der Waals surface area contributed by atoms with Crippen molar-refractivity contribution in [3.8, 4) is 22.9 Å². The van der Waals surface area contributed by atoms with Crippen LogP contribution in [0.5, 0.6) is 5.75 Å². The largest absolute Gasteiger partial charge is 0.573 e. The van der Waals surface area contributed by atoms with Gasteiger partial charge in [0.2, 0.25) is 0 Å². The molecule has 0 radical (unpaired) electrons. The standard InChI is InChI=1S/C17H11F3N2OS/c1-2-10-7-13(15-16(14(10)8-21)24-9-22-15)11-3-5-12(6-4-11)23-17(18,19)20/h3-7,9H,2H2,1H3. The summed E-state index contributed by atoms with van der Waals surface area (Å²) in [7, 11) is 0. The first-order chi connectivity index (χ1) is 11.4. The maximum atomic E-state index is 12.3. The van der Waals surface area contributed by atoms with E-state index < -0.39 is 6.36 Å². The van der Waals surface area contributed by atoms with Gasteiger partial charge in [-0.15, -0.1) is 24.5 Å². The Morgan fingerprint density at radius 3 is 2.54 bits per heavy atom. The van der Waals surface area contributed by atoms with Crippen LogP contribution in [-0.2, 0) is 6.42 Å². The van der Waals surface area contributed by atoms with Crippen molar-refractivity contribution in [2.24, 2.45) is 0 Å². The van der Waals surface area contributed by atoms with E-state index >= 15 is 0 Å². The molecule has 0 saturated heterocycles. The van der Waals surface area contributed by atoms with Crippen LogP contribution in [-0.4, -0.2) is 11.3 Å². The molecule has 0 unspecified atom stereocenters. The van der Waals surface area contributed by atoms with Crippen LogP contribution >= 0.6 is 11.3 Å². The number of benzene rings is 2. The Morgan fingerprint density at radius 2 is 1.96 bits per heavy atom. The van der Waals surface area contributed by atoms with E-state index in [0.717, 1.165) is 21.4 Å². The average Bonchev–Trinajstić information content (AvgIpc) is 3.02. The molecule has 0 saturated carbocycles. The first kappa shape index (κ1) is 16.3. The number of fused-ring (bicyclic) bond motifs is 1. The van der Waals surface area contributed by atoms with Gasteiger partial charge < -0.3 is 4.74 Å². The summed E-state index contributed by atoms with van der Waals surface area (Å²) in [6.07, 6.45) is -4.04. The number of aromatic nitrogens is 1. The molecular formula is C17H11F3N2OS. The molecule has 0 aliphatic heterocycles.